The second-order valence-corrected chi connectivity index (χ2v) is 5.72. The number of carbonyl (C=O) groups is 1. The van der Waals surface area contributed by atoms with Crippen LogP contribution in [-0.4, -0.2) is 37.0 Å². The van der Waals surface area contributed by atoms with Gasteiger partial charge in [-0.3, -0.25) is 9.69 Å². The van der Waals surface area contributed by atoms with Gasteiger partial charge in [0.25, 0.3) is 0 Å². The van der Waals surface area contributed by atoms with E-state index in [1.54, 1.807) is 0 Å². The van der Waals surface area contributed by atoms with Gasteiger partial charge >= 0.3 is 0 Å². The molecule has 1 fully saturated rings. The van der Waals surface area contributed by atoms with Crippen LogP contribution in [0.25, 0.3) is 0 Å². The first-order valence-electron chi connectivity index (χ1n) is 7.13. The maximum absolute atomic E-state index is 12.0. The zero-order valence-corrected chi connectivity index (χ0v) is 12.4. The van der Waals surface area contributed by atoms with Crippen molar-refractivity contribution in [3.05, 3.63) is 34.9 Å². The molecular weight excluding hydrogens is 274 g/mol. The summed E-state index contributed by atoms with van der Waals surface area (Å²) in [5, 5.41) is 3.64. The lowest BCUT2D eigenvalue weighted by molar-refractivity contribution is -0.126. The Morgan fingerprint density at radius 1 is 1.40 bits per heavy atom. The summed E-state index contributed by atoms with van der Waals surface area (Å²) in [6, 6.07) is 7.90. The Morgan fingerprint density at radius 3 is 2.85 bits per heavy atom. The van der Waals surface area contributed by atoms with Gasteiger partial charge in [0.15, 0.2) is 0 Å². The Hall–Kier alpha value is -1.10. The highest BCUT2D eigenvalue weighted by Crippen LogP contribution is 2.19. The second kappa shape index (κ2) is 7.62. The van der Waals surface area contributed by atoms with Crippen LogP contribution in [0.4, 0.5) is 0 Å². The van der Waals surface area contributed by atoms with E-state index in [1.165, 1.54) is 5.56 Å². The number of nitrogens with two attached hydrogens (primary N) is 1. The number of hydrogen-bond donors (Lipinski definition) is 2. The summed E-state index contributed by atoms with van der Waals surface area (Å²) in [5.41, 5.74) is 6.65. The molecule has 3 N–H and O–H groups in total. The van der Waals surface area contributed by atoms with Crippen molar-refractivity contribution >= 4 is 17.5 Å². The third-order valence-corrected chi connectivity index (χ3v) is 3.89. The number of rotatable bonds is 5. The summed E-state index contributed by atoms with van der Waals surface area (Å²) in [6.07, 6.45) is 2.03. The highest BCUT2D eigenvalue weighted by Gasteiger charge is 2.25. The molecule has 0 saturated carbocycles. The van der Waals surface area contributed by atoms with E-state index in [4.69, 9.17) is 17.3 Å². The molecule has 20 heavy (non-hydrogen) atoms. The normalized spacial score (nSPS) is 19.8. The molecule has 1 aliphatic heterocycles. The van der Waals surface area contributed by atoms with Crippen molar-refractivity contribution in [2.75, 3.05) is 26.2 Å². The van der Waals surface area contributed by atoms with Crippen LogP contribution in [0, 0.1) is 5.92 Å². The van der Waals surface area contributed by atoms with Gasteiger partial charge in [-0.25, -0.2) is 0 Å². The third kappa shape index (κ3) is 4.47. The first-order chi connectivity index (χ1) is 9.69. The summed E-state index contributed by atoms with van der Waals surface area (Å²) in [6.45, 7) is 3.79. The van der Waals surface area contributed by atoms with Gasteiger partial charge in [-0.15, -0.1) is 0 Å². The summed E-state index contributed by atoms with van der Waals surface area (Å²) in [4.78, 5) is 14.3. The molecule has 1 saturated heterocycles. The Kier molecular flexibility index (Phi) is 5.83. The lowest BCUT2D eigenvalue weighted by atomic mass is 9.96. The van der Waals surface area contributed by atoms with E-state index in [1.807, 2.05) is 24.3 Å². The minimum Gasteiger partial charge on any atom is -0.355 e. The fourth-order valence-corrected chi connectivity index (χ4v) is 2.73. The van der Waals surface area contributed by atoms with Crippen molar-refractivity contribution in [1.82, 2.24) is 10.2 Å². The van der Waals surface area contributed by atoms with Gasteiger partial charge in [-0.05, 0) is 37.1 Å². The zero-order valence-electron chi connectivity index (χ0n) is 11.6. The Balaban J connectivity index is 1.86. The fraction of sp³-hybridized carbons (Fsp3) is 0.533. The minimum atomic E-state index is 0.0857. The first kappa shape index (κ1) is 15.3. The number of nitrogens with one attached hydrogen (secondary N) is 1. The largest absolute Gasteiger partial charge is 0.355 e. The number of piperidine rings is 1. The quantitative estimate of drug-likeness (QED) is 0.868. The molecule has 0 radical (unpaired) electrons. The van der Waals surface area contributed by atoms with Gasteiger partial charge in [0.1, 0.15) is 0 Å². The van der Waals surface area contributed by atoms with Gasteiger partial charge in [0, 0.05) is 31.2 Å². The molecule has 2 rings (SSSR count). The average molecular weight is 296 g/mol. The highest BCUT2D eigenvalue weighted by atomic mass is 35.5. The van der Waals surface area contributed by atoms with Gasteiger partial charge in [-0.2, -0.15) is 0 Å². The predicted octanol–water partition coefficient (Wildman–Crippen LogP) is 1.63. The van der Waals surface area contributed by atoms with Crippen LogP contribution in [0.1, 0.15) is 18.4 Å². The van der Waals surface area contributed by atoms with E-state index in [-0.39, 0.29) is 11.8 Å². The summed E-state index contributed by atoms with van der Waals surface area (Å²) in [7, 11) is 0. The number of carbonyl (C=O) groups excluding carboxylic acids is 1. The van der Waals surface area contributed by atoms with Crippen molar-refractivity contribution in [3.8, 4) is 0 Å². The molecule has 110 valence electrons. The number of likely N-dealkylation sites (tertiary alicyclic amines) is 1. The standard InChI is InChI=1S/C15H22ClN3O/c16-14-5-3-12(4-6-14)10-19-9-1-2-13(11-19)15(20)18-8-7-17/h3-6,13H,1-2,7-11,17H2,(H,18,20). The molecule has 0 spiro atoms. The van der Waals surface area contributed by atoms with Gasteiger partial charge in [0.2, 0.25) is 5.91 Å². The SMILES string of the molecule is NCCNC(=O)C1CCCN(Cc2ccc(Cl)cc2)C1. The molecule has 0 bridgehead atoms. The van der Waals surface area contributed by atoms with E-state index in [0.717, 1.165) is 37.5 Å². The van der Waals surface area contributed by atoms with Crippen molar-refractivity contribution < 1.29 is 4.79 Å². The second-order valence-electron chi connectivity index (χ2n) is 5.28. The van der Waals surface area contributed by atoms with Crippen LogP contribution in [0.2, 0.25) is 5.02 Å². The Bertz CT molecular complexity index is 435. The van der Waals surface area contributed by atoms with Gasteiger partial charge < -0.3 is 11.1 Å². The number of amides is 1. The lowest BCUT2D eigenvalue weighted by Crippen LogP contribution is -2.43. The van der Waals surface area contributed by atoms with Crippen LogP contribution in [0.15, 0.2) is 24.3 Å². The molecule has 5 heteroatoms. The topological polar surface area (TPSA) is 58.4 Å². The Labute approximate surface area is 125 Å². The molecule has 0 aromatic heterocycles. The highest BCUT2D eigenvalue weighted by molar-refractivity contribution is 6.30. The smallest absolute Gasteiger partial charge is 0.224 e. The van der Waals surface area contributed by atoms with Gasteiger partial charge in [0.05, 0.1) is 5.92 Å². The van der Waals surface area contributed by atoms with Crippen molar-refractivity contribution in [2.24, 2.45) is 11.7 Å². The molecule has 1 amide bonds. The average Bonchev–Trinajstić information content (AvgIpc) is 2.47. The molecule has 1 unspecified atom stereocenters. The van der Waals surface area contributed by atoms with Crippen molar-refractivity contribution in [3.63, 3.8) is 0 Å². The van der Waals surface area contributed by atoms with Crippen LogP contribution >= 0.6 is 11.6 Å². The van der Waals surface area contributed by atoms with E-state index < -0.39 is 0 Å². The van der Waals surface area contributed by atoms with Crippen molar-refractivity contribution in [1.29, 1.82) is 0 Å². The number of benzene rings is 1. The van der Waals surface area contributed by atoms with E-state index in [0.29, 0.717) is 13.1 Å². The van der Waals surface area contributed by atoms with Gasteiger partial charge in [-0.1, -0.05) is 23.7 Å². The fourth-order valence-electron chi connectivity index (χ4n) is 2.60. The minimum absolute atomic E-state index is 0.0857. The van der Waals surface area contributed by atoms with Crippen LogP contribution in [0.3, 0.4) is 0 Å². The molecule has 1 aliphatic rings. The summed E-state index contributed by atoms with van der Waals surface area (Å²) in [5.74, 6) is 0.221. The van der Waals surface area contributed by atoms with E-state index in [9.17, 15) is 4.79 Å². The van der Waals surface area contributed by atoms with E-state index in [2.05, 4.69) is 10.2 Å². The van der Waals surface area contributed by atoms with Crippen LogP contribution < -0.4 is 11.1 Å². The monoisotopic (exact) mass is 295 g/mol. The molecule has 0 aliphatic carbocycles. The number of halogens is 1. The Morgan fingerprint density at radius 2 is 2.15 bits per heavy atom. The van der Waals surface area contributed by atoms with Crippen molar-refractivity contribution in [2.45, 2.75) is 19.4 Å². The zero-order chi connectivity index (χ0) is 14.4. The third-order valence-electron chi connectivity index (χ3n) is 3.64. The molecule has 1 heterocycles. The number of hydrogen-bond acceptors (Lipinski definition) is 3. The molecule has 4 nitrogen and oxygen atoms in total. The summed E-state index contributed by atoms with van der Waals surface area (Å²) >= 11 is 5.89. The molecular formula is C15H22ClN3O. The number of nitrogens with zero attached hydrogens (tertiary/aromatic N) is 1. The molecule has 1 atom stereocenters. The van der Waals surface area contributed by atoms with Crippen LogP contribution in [0.5, 0.6) is 0 Å². The maximum Gasteiger partial charge on any atom is 0.224 e. The van der Waals surface area contributed by atoms with E-state index >= 15 is 0 Å². The predicted molar refractivity (Wildman–Crippen MR) is 81.5 cm³/mol. The summed E-state index contributed by atoms with van der Waals surface area (Å²) < 4.78 is 0. The van der Waals surface area contributed by atoms with Crippen LogP contribution in [-0.2, 0) is 11.3 Å². The lowest BCUT2D eigenvalue weighted by Gasteiger charge is -2.32. The molecule has 1 aromatic carbocycles. The molecule has 1 aromatic rings. The maximum atomic E-state index is 12.0. The first-order valence-corrected chi connectivity index (χ1v) is 7.51.